The largest absolute Gasteiger partial charge is 0.0622 e. The van der Waals surface area contributed by atoms with Gasteiger partial charge in [-0.25, -0.2) is 0 Å². The SMILES string of the molecule is CC1(CC(c2ccccc2)C(CC2(C)CCCCC2)c2ccccc2)CCCCC1. The van der Waals surface area contributed by atoms with Crippen LogP contribution < -0.4 is 0 Å². The zero-order chi connectivity index (χ0) is 20.9. The highest BCUT2D eigenvalue weighted by Crippen LogP contribution is 2.52. The van der Waals surface area contributed by atoms with E-state index in [1.165, 1.54) is 77.0 Å². The topological polar surface area (TPSA) is 0 Å². The minimum Gasteiger partial charge on any atom is -0.0622 e. The van der Waals surface area contributed by atoms with Crippen LogP contribution >= 0.6 is 0 Å². The molecule has 0 N–H and O–H groups in total. The fraction of sp³-hybridized carbons (Fsp3) is 0.600. The molecule has 0 radical (unpaired) electrons. The van der Waals surface area contributed by atoms with Crippen LogP contribution in [0.5, 0.6) is 0 Å². The quantitative estimate of drug-likeness (QED) is 0.433. The van der Waals surface area contributed by atoms with Crippen molar-refractivity contribution in [1.29, 1.82) is 0 Å². The number of rotatable bonds is 7. The van der Waals surface area contributed by atoms with Crippen molar-refractivity contribution >= 4 is 0 Å². The Hall–Kier alpha value is -1.56. The molecule has 2 aliphatic carbocycles. The van der Waals surface area contributed by atoms with Gasteiger partial charge in [-0.2, -0.15) is 0 Å². The van der Waals surface area contributed by atoms with Crippen LogP contribution in [0, 0.1) is 10.8 Å². The molecule has 0 heteroatoms. The van der Waals surface area contributed by atoms with E-state index in [4.69, 9.17) is 0 Å². The van der Waals surface area contributed by atoms with E-state index < -0.39 is 0 Å². The predicted molar refractivity (Wildman–Crippen MR) is 130 cm³/mol. The first-order valence-corrected chi connectivity index (χ1v) is 12.7. The standard InChI is InChI=1S/C30H42/c1-29(19-11-5-12-20-29)23-27(25-15-7-3-8-16-25)28(26-17-9-4-10-18-26)24-30(2)21-13-6-14-22-30/h3-4,7-10,15-18,27-28H,5-6,11-14,19-24H2,1-2H3. The molecule has 2 atom stereocenters. The molecule has 0 amide bonds. The lowest BCUT2D eigenvalue weighted by Crippen LogP contribution is -2.29. The third-order valence-electron chi connectivity index (χ3n) is 8.49. The average molecular weight is 403 g/mol. The fourth-order valence-corrected chi connectivity index (χ4v) is 6.67. The Morgan fingerprint density at radius 3 is 1.20 bits per heavy atom. The second kappa shape index (κ2) is 9.71. The zero-order valence-corrected chi connectivity index (χ0v) is 19.4. The molecule has 0 nitrogen and oxygen atoms in total. The monoisotopic (exact) mass is 402 g/mol. The third-order valence-corrected chi connectivity index (χ3v) is 8.49. The van der Waals surface area contributed by atoms with Crippen molar-refractivity contribution < 1.29 is 0 Å². The molecule has 2 aromatic carbocycles. The highest BCUT2D eigenvalue weighted by atomic mass is 14.4. The van der Waals surface area contributed by atoms with Crippen molar-refractivity contribution in [2.75, 3.05) is 0 Å². The summed E-state index contributed by atoms with van der Waals surface area (Å²) in [7, 11) is 0. The van der Waals surface area contributed by atoms with Gasteiger partial charge in [-0.1, -0.05) is 113 Å². The first-order valence-electron chi connectivity index (χ1n) is 12.7. The lowest BCUT2D eigenvalue weighted by atomic mass is 9.61. The van der Waals surface area contributed by atoms with E-state index in [9.17, 15) is 0 Å². The summed E-state index contributed by atoms with van der Waals surface area (Å²) in [5.41, 5.74) is 4.13. The van der Waals surface area contributed by atoms with Gasteiger partial charge >= 0.3 is 0 Å². The second-order valence-electron chi connectivity index (χ2n) is 11.2. The van der Waals surface area contributed by atoms with E-state index in [1.54, 1.807) is 11.1 Å². The molecule has 2 saturated carbocycles. The van der Waals surface area contributed by atoms with Crippen LogP contribution in [-0.4, -0.2) is 0 Å². The number of hydrogen-bond acceptors (Lipinski definition) is 0. The van der Waals surface area contributed by atoms with Crippen molar-refractivity contribution in [1.82, 2.24) is 0 Å². The van der Waals surface area contributed by atoms with E-state index in [0.717, 1.165) is 0 Å². The maximum atomic E-state index is 2.59. The van der Waals surface area contributed by atoms with Crippen molar-refractivity contribution in [2.24, 2.45) is 10.8 Å². The van der Waals surface area contributed by atoms with Crippen LogP contribution in [0.15, 0.2) is 60.7 Å². The summed E-state index contributed by atoms with van der Waals surface area (Å²) in [5, 5.41) is 0. The van der Waals surface area contributed by atoms with Gasteiger partial charge in [0.05, 0.1) is 0 Å². The molecule has 4 rings (SSSR count). The van der Waals surface area contributed by atoms with Crippen LogP contribution in [0.25, 0.3) is 0 Å². The van der Waals surface area contributed by atoms with Crippen molar-refractivity contribution in [2.45, 2.75) is 103 Å². The van der Waals surface area contributed by atoms with Gasteiger partial charge in [0.2, 0.25) is 0 Å². The van der Waals surface area contributed by atoms with Gasteiger partial charge in [-0.15, -0.1) is 0 Å². The van der Waals surface area contributed by atoms with Crippen molar-refractivity contribution in [3.05, 3.63) is 71.8 Å². The maximum absolute atomic E-state index is 2.59. The van der Waals surface area contributed by atoms with Gasteiger partial charge < -0.3 is 0 Å². The molecule has 0 heterocycles. The Kier molecular flexibility index (Phi) is 7.01. The molecule has 0 aliphatic heterocycles. The highest BCUT2D eigenvalue weighted by molar-refractivity contribution is 5.29. The summed E-state index contributed by atoms with van der Waals surface area (Å²) < 4.78 is 0. The molecule has 162 valence electrons. The first-order chi connectivity index (χ1) is 14.6. The molecule has 2 aromatic rings. The third kappa shape index (κ3) is 5.37. The lowest BCUT2D eigenvalue weighted by molar-refractivity contribution is 0.144. The van der Waals surface area contributed by atoms with Gasteiger partial charge in [0.25, 0.3) is 0 Å². The van der Waals surface area contributed by atoms with Gasteiger partial charge in [0.15, 0.2) is 0 Å². The minimum atomic E-state index is 0.499. The molecule has 0 saturated heterocycles. The van der Waals surface area contributed by atoms with Crippen molar-refractivity contribution in [3.63, 3.8) is 0 Å². The normalized spacial score (nSPS) is 22.9. The van der Waals surface area contributed by atoms with E-state index in [-0.39, 0.29) is 0 Å². The van der Waals surface area contributed by atoms with Gasteiger partial charge in [-0.3, -0.25) is 0 Å². The Bertz CT molecular complexity index is 680. The van der Waals surface area contributed by atoms with E-state index in [2.05, 4.69) is 74.5 Å². The molecule has 0 spiro atoms. The average Bonchev–Trinajstić information content (AvgIpc) is 2.78. The summed E-state index contributed by atoms with van der Waals surface area (Å²) >= 11 is 0. The molecule has 0 aromatic heterocycles. The molecule has 2 aliphatic rings. The van der Waals surface area contributed by atoms with Crippen LogP contribution in [0.2, 0.25) is 0 Å². The van der Waals surface area contributed by atoms with Gasteiger partial charge in [0, 0.05) is 0 Å². The molecule has 2 fully saturated rings. The summed E-state index contributed by atoms with van der Waals surface area (Å²) in [6, 6.07) is 23.1. The summed E-state index contributed by atoms with van der Waals surface area (Å²) in [4.78, 5) is 0. The Labute approximate surface area is 185 Å². The zero-order valence-electron chi connectivity index (χ0n) is 19.4. The molecular formula is C30H42. The Morgan fingerprint density at radius 2 is 0.867 bits per heavy atom. The number of benzene rings is 2. The minimum absolute atomic E-state index is 0.499. The summed E-state index contributed by atoms with van der Waals surface area (Å²) in [5.74, 6) is 1.24. The van der Waals surface area contributed by atoms with E-state index in [0.29, 0.717) is 22.7 Å². The number of hydrogen-bond donors (Lipinski definition) is 0. The van der Waals surface area contributed by atoms with E-state index in [1.807, 2.05) is 0 Å². The summed E-state index contributed by atoms with van der Waals surface area (Å²) in [6.45, 7) is 5.18. The van der Waals surface area contributed by atoms with Crippen LogP contribution in [-0.2, 0) is 0 Å². The first kappa shape index (κ1) is 21.7. The van der Waals surface area contributed by atoms with Crippen molar-refractivity contribution in [3.8, 4) is 0 Å². The van der Waals surface area contributed by atoms with Crippen LogP contribution in [0.3, 0.4) is 0 Å². The Balaban J connectivity index is 1.70. The van der Waals surface area contributed by atoms with Crippen LogP contribution in [0.4, 0.5) is 0 Å². The fourth-order valence-electron chi connectivity index (χ4n) is 6.67. The van der Waals surface area contributed by atoms with Gasteiger partial charge in [0.1, 0.15) is 0 Å². The van der Waals surface area contributed by atoms with Crippen LogP contribution in [0.1, 0.15) is 114 Å². The predicted octanol–water partition coefficient (Wildman–Crippen LogP) is 9.28. The van der Waals surface area contributed by atoms with E-state index >= 15 is 0 Å². The van der Waals surface area contributed by atoms with Gasteiger partial charge in [-0.05, 0) is 72.3 Å². The molecular weight excluding hydrogens is 360 g/mol. The smallest absolute Gasteiger partial charge is 0.00877 e. The Morgan fingerprint density at radius 1 is 0.533 bits per heavy atom. The molecule has 2 unspecified atom stereocenters. The lowest BCUT2D eigenvalue weighted by Gasteiger charge is -2.43. The highest BCUT2D eigenvalue weighted by Gasteiger charge is 2.38. The molecule has 30 heavy (non-hydrogen) atoms. The second-order valence-corrected chi connectivity index (χ2v) is 11.2. The molecule has 0 bridgehead atoms. The maximum Gasteiger partial charge on any atom is -0.00877 e. The summed E-state index contributed by atoms with van der Waals surface area (Å²) in [6.07, 6.45) is 16.9.